The first-order valence-electron chi connectivity index (χ1n) is 14.3. The van der Waals surface area contributed by atoms with Crippen LogP contribution in [0.1, 0.15) is 30.0 Å². The summed E-state index contributed by atoms with van der Waals surface area (Å²) in [5.74, 6) is -0.854. The molecule has 0 aliphatic heterocycles. The molecule has 0 saturated carbocycles. The number of carbonyl (C=O) groups excluding carboxylic acids is 2. The first-order valence-corrected chi connectivity index (χ1v) is 16.5. The quantitative estimate of drug-likeness (QED) is 0.175. The van der Waals surface area contributed by atoms with E-state index in [0.717, 1.165) is 27.4 Å². The van der Waals surface area contributed by atoms with Crippen LogP contribution in [0, 0.1) is 6.92 Å². The van der Waals surface area contributed by atoms with Crippen molar-refractivity contribution in [1.82, 2.24) is 10.2 Å². The lowest BCUT2D eigenvalue weighted by atomic mass is 10.0. The summed E-state index contributed by atoms with van der Waals surface area (Å²) in [5.41, 5.74) is 2.76. The van der Waals surface area contributed by atoms with Crippen LogP contribution in [0.25, 0.3) is 0 Å². The van der Waals surface area contributed by atoms with Gasteiger partial charge < -0.3 is 10.2 Å². The maximum Gasteiger partial charge on any atom is 0.264 e. The van der Waals surface area contributed by atoms with Crippen molar-refractivity contribution in [2.24, 2.45) is 0 Å². The lowest BCUT2D eigenvalue weighted by Gasteiger charge is -2.34. The molecular weight excluding hydrogens is 617 g/mol. The second-order valence-corrected chi connectivity index (χ2v) is 13.2. The van der Waals surface area contributed by atoms with Gasteiger partial charge in [-0.3, -0.25) is 13.9 Å². The number of carbonyl (C=O) groups is 2. The first kappa shape index (κ1) is 33.1. The second kappa shape index (κ2) is 15.2. The van der Waals surface area contributed by atoms with Gasteiger partial charge in [0.1, 0.15) is 12.6 Å². The summed E-state index contributed by atoms with van der Waals surface area (Å²) in [6.07, 6.45) is 0.958. The molecule has 0 bridgehead atoms. The first-order chi connectivity index (χ1) is 21.1. The molecule has 0 radical (unpaired) electrons. The molecule has 1 atom stereocenters. The number of nitrogens with one attached hydrogen (secondary N) is 1. The number of benzene rings is 4. The average Bonchev–Trinajstić information content (AvgIpc) is 3.01. The molecule has 4 aromatic rings. The molecule has 10 heteroatoms. The highest BCUT2D eigenvalue weighted by atomic mass is 35.5. The van der Waals surface area contributed by atoms with Gasteiger partial charge in [-0.05, 0) is 78.6 Å². The third-order valence-corrected chi connectivity index (χ3v) is 9.35. The topological polar surface area (TPSA) is 86.8 Å². The van der Waals surface area contributed by atoms with Crippen LogP contribution in [-0.2, 0) is 32.6 Å². The third kappa shape index (κ3) is 8.62. The molecule has 44 heavy (non-hydrogen) atoms. The molecule has 0 spiro atoms. The predicted octanol–water partition coefficient (Wildman–Crippen LogP) is 6.66. The number of sulfonamides is 1. The van der Waals surface area contributed by atoms with Crippen molar-refractivity contribution < 1.29 is 18.0 Å². The highest BCUT2D eigenvalue weighted by molar-refractivity contribution is 7.92. The average molecular weight is 653 g/mol. The Hall–Kier alpha value is -3.85. The fraction of sp³-hybridized carbons (Fsp3) is 0.235. The Labute approximate surface area is 269 Å². The van der Waals surface area contributed by atoms with Gasteiger partial charge in [-0.1, -0.05) is 84.7 Å². The molecule has 0 unspecified atom stereocenters. The van der Waals surface area contributed by atoms with E-state index in [-0.39, 0.29) is 23.8 Å². The van der Waals surface area contributed by atoms with Gasteiger partial charge in [0.05, 0.1) is 10.6 Å². The van der Waals surface area contributed by atoms with Crippen LogP contribution in [0.2, 0.25) is 10.0 Å². The molecule has 0 aliphatic carbocycles. The Bertz CT molecular complexity index is 1670. The largest absolute Gasteiger partial charge is 0.354 e. The minimum absolute atomic E-state index is 0.0121. The van der Waals surface area contributed by atoms with E-state index in [1.807, 2.05) is 50.2 Å². The number of rotatable bonds is 13. The van der Waals surface area contributed by atoms with E-state index in [9.17, 15) is 18.0 Å². The van der Waals surface area contributed by atoms with Crippen molar-refractivity contribution in [2.45, 2.75) is 44.2 Å². The zero-order chi connectivity index (χ0) is 31.7. The number of nitrogens with zero attached hydrogens (tertiary/aromatic N) is 2. The number of halogens is 2. The van der Waals surface area contributed by atoms with Crippen LogP contribution in [0.15, 0.2) is 108 Å². The lowest BCUT2D eigenvalue weighted by Crippen LogP contribution is -2.53. The van der Waals surface area contributed by atoms with Gasteiger partial charge in [0, 0.05) is 29.6 Å². The van der Waals surface area contributed by atoms with Crippen molar-refractivity contribution in [2.75, 3.05) is 17.4 Å². The molecule has 4 aromatic carbocycles. The van der Waals surface area contributed by atoms with Crippen molar-refractivity contribution >= 4 is 50.7 Å². The Balaban J connectivity index is 1.79. The Morgan fingerprint density at radius 3 is 2.07 bits per heavy atom. The van der Waals surface area contributed by atoms with Crippen molar-refractivity contribution in [3.63, 3.8) is 0 Å². The molecule has 230 valence electrons. The van der Waals surface area contributed by atoms with Crippen LogP contribution in [-0.4, -0.2) is 44.3 Å². The fourth-order valence-electron chi connectivity index (χ4n) is 4.75. The van der Waals surface area contributed by atoms with E-state index in [4.69, 9.17) is 23.2 Å². The summed E-state index contributed by atoms with van der Waals surface area (Å²) in [4.78, 5) is 29.5. The van der Waals surface area contributed by atoms with Gasteiger partial charge in [0.2, 0.25) is 11.8 Å². The van der Waals surface area contributed by atoms with Gasteiger partial charge in [-0.2, -0.15) is 0 Å². The number of hydrogen-bond acceptors (Lipinski definition) is 4. The zero-order valence-electron chi connectivity index (χ0n) is 24.6. The molecule has 0 heterocycles. The molecular formula is C34H35Cl2N3O4S. The van der Waals surface area contributed by atoms with Gasteiger partial charge in [-0.15, -0.1) is 0 Å². The highest BCUT2D eigenvalue weighted by Gasteiger charge is 2.34. The lowest BCUT2D eigenvalue weighted by molar-refractivity contribution is -0.140. The number of aryl methyl sites for hydroxylation is 1. The molecule has 0 fully saturated rings. The van der Waals surface area contributed by atoms with Crippen LogP contribution >= 0.6 is 23.2 Å². The van der Waals surface area contributed by atoms with Crippen LogP contribution in [0.4, 0.5) is 5.69 Å². The van der Waals surface area contributed by atoms with Gasteiger partial charge in [0.25, 0.3) is 10.0 Å². The SMILES string of the molecule is CCCNC(=O)[C@H](Cc1ccccc1)N(Cc1ccc(Cl)cc1)C(=O)CN(c1cccc(C)c1)S(=O)(=O)c1ccc(Cl)cc1. The summed E-state index contributed by atoms with van der Waals surface area (Å²) in [6.45, 7) is 3.77. The minimum atomic E-state index is -4.20. The van der Waals surface area contributed by atoms with Gasteiger partial charge in [-0.25, -0.2) is 8.42 Å². The second-order valence-electron chi connectivity index (χ2n) is 10.4. The number of hydrogen-bond donors (Lipinski definition) is 1. The molecule has 4 rings (SSSR count). The number of anilines is 1. The normalized spacial score (nSPS) is 11.9. The zero-order valence-corrected chi connectivity index (χ0v) is 26.9. The van der Waals surface area contributed by atoms with Crippen molar-refractivity contribution in [3.8, 4) is 0 Å². The smallest absolute Gasteiger partial charge is 0.264 e. The fourth-order valence-corrected chi connectivity index (χ4v) is 6.41. The molecule has 1 N–H and O–H groups in total. The van der Waals surface area contributed by atoms with Crippen molar-refractivity contribution in [1.29, 1.82) is 0 Å². The summed E-state index contributed by atoms with van der Waals surface area (Å²) in [7, 11) is -4.20. The maximum absolute atomic E-state index is 14.4. The van der Waals surface area contributed by atoms with E-state index in [0.29, 0.717) is 22.3 Å². The minimum Gasteiger partial charge on any atom is -0.354 e. The maximum atomic E-state index is 14.4. The molecule has 7 nitrogen and oxygen atoms in total. The Kier molecular flexibility index (Phi) is 11.4. The molecule has 0 saturated heterocycles. The molecule has 0 aliphatic rings. The van der Waals surface area contributed by atoms with Crippen LogP contribution < -0.4 is 9.62 Å². The summed E-state index contributed by atoms with van der Waals surface area (Å²) < 4.78 is 29.2. The Morgan fingerprint density at radius 1 is 0.818 bits per heavy atom. The van der Waals surface area contributed by atoms with Crippen molar-refractivity contribution in [3.05, 3.63) is 130 Å². The predicted molar refractivity (Wildman–Crippen MR) is 176 cm³/mol. The Morgan fingerprint density at radius 2 is 1.45 bits per heavy atom. The summed E-state index contributed by atoms with van der Waals surface area (Å²) >= 11 is 12.2. The van der Waals surface area contributed by atoms with Gasteiger partial charge in [0.15, 0.2) is 0 Å². The van der Waals surface area contributed by atoms with Crippen LogP contribution in [0.5, 0.6) is 0 Å². The van der Waals surface area contributed by atoms with Crippen LogP contribution in [0.3, 0.4) is 0 Å². The van der Waals surface area contributed by atoms with E-state index in [1.165, 1.54) is 29.2 Å². The summed E-state index contributed by atoms with van der Waals surface area (Å²) in [6, 6.07) is 28.3. The van der Waals surface area contributed by atoms with E-state index in [2.05, 4.69) is 5.32 Å². The monoisotopic (exact) mass is 651 g/mol. The standard InChI is InChI=1S/C34H35Cl2N3O4S/c1-3-20-37-34(41)32(22-26-9-5-4-6-10-26)38(23-27-12-14-28(35)15-13-27)33(40)24-39(30-11-7-8-25(2)21-30)44(42,43)31-18-16-29(36)17-19-31/h4-19,21,32H,3,20,22-24H2,1-2H3,(H,37,41)/t32-/m0/s1. The van der Waals surface area contributed by atoms with Gasteiger partial charge >= 0.3 is 0 Å². The highest BCUT2D eigenvalue weighted by Crippen LogP contribution is 2.27. The molecule has 2 amide bonds. The third-order valence-electron chi connectivity index (χ3n) is 7.06. The van der Waals surface area contributed by atoms with E-state index < -0.39 is 28.5 Å². The van der Waals surface area contributed by atoms with E-state index >= 15 is 0 Å². The summed E-state index contributed by atoms with van der Waals surface area (Å²) in [5, 5.41) is 3.86. The van der Waals surface area contributed by atoms with E-state index in [1.54, 1.807) is 42.5 Å². The number of amides is 2. The molecule has 0 aromatic heterocycles.